The highest BCUT2D eigenvalue weighted by Gasteiger charge is 2.34. The molecule has 2 rings (SSSR count). The highest BCUT2D eigenvalue weighted by Crippen LogP contribution is 2.38. The van der Waals surface area contributed by atoms with Gasteiger partial charge in [0.1, 0.15) is 0 Å². The van der Waals surface area contributed by atoms with Gasteiger partial charge in [-0.1, -0.05) is 28.9 Å². The molecule has 0 N–H and O–H groups in total. The molecule has 0 aliphatic rings. The first-order valence-corrected chi connectivity index (χ1v) is 7.50. The molecule has 0 amide bonds. The standard InChI is InChI=1S/C14H14BrF3N2.CO2/c1-3-10-8-13(20(4-2)19-10)11-6-5-9(15)7-12(11)14(16,17)18;2-1-3/h5-8H,3-4H2,1-2H3;. The summed E-state index contributed by atoms with van der Waals surface area (Å²) >= 11 is 3.09. The van der Waals surface area contributed by atoms with Crippen LogP contribution in [-0.4, -0.2) is 15.9 Å². The predicted molar refractivity (Wildman–Crippen MR) is 80.4 cm³/mol. The second kappa shape index (κ2) is 8.08. The molecule has 1 aromatic heterocycles. The van der Waals surface area contributed by atoms with E-state index in [1.807, 2.05) is 13.8 Å². The third-order valence-electron chi connectivity index (χ3n) is 3.06. The van der Waals surface area contributed by atoms with E-state index in [0.717, 1.165) is 11.8 Å². The van der Waals surface area contributed by atoms with E-state index in [-0.39, 0.29) is 11.7 Å². The molecule has 0 atom stereocenters. The second-order valence-corrected chi connectivity index (χ2v) is 5.38. The number of aromatic nitrogens is 2. The Morgan fingerprint density at radius 3 is 2.30 bits per heavy atom. The Balaban J connectivity index is 0.000000816. The summed E-state index contributed by atoms with van der Waals surface area (Å²) in [7, 11) is 0. The minimum Gasteiger partial charge on any atom is -0.265 e. The molecule has 0 radical (unpaired) electrons. The highest BCUT2D eigenvalue weighted by atomic mass is 79.9. The molecule has 0 aliphatic carbocycles. The first kappa shape index (κ1) is 19.1. The lowest BCUT2D eigenvalue weighted by molar-refractivity contribution is -0.191. The van der Waals surface area contributed by atoms with Crippen molar-refractivity contribution in [2.75, 3.05) is 0 Å². The van der Waals surface area contributed by atoms with Crippen molar-refractivity contribution < 1.29 is 22.8 Å². The normalized spacial score (nSPS) is 10.7. The fraction of sp³-hybridized carbons (Fsp3) is 0.333. The number of rotatable bonds is 3. The van der Waals surface area contributed by atoms with Gasteiger partial charge in [0.2, 0.25) is 0 Å². The maximum absolute atomic E-state index is 13.2. The zero-order chi connectivity index (χ0) is 17.6. The number of aryl methyl sites for hydroxylation is 2. The third kappa shape index (κ3) is 4.77. The van der Waals surface area contributed by atoms with Crippen molar-refractivity contribution in [3.8, 4) is 11.3 Å². The van der Waals surface area contributed by atoms with Crippen LogP contribution in [0.5, 0.6) is 0 Å². The average molecular weight is 391 g/mol. The van der Waals surface area contributed by atoms with Crippen LogP contribution in [0.1, 0.15) is 25.1 Å². The monoisotopic (exact) mass is 390 g/mol. The zero-order valence-electron chi connectivity index (χ0n) is 12.4. The van der Waals surface area contributed by atoms with Crippen LogP contribution in [0.4, 0.5) is 13.2 Å². The van der Waals surface area contributed by atoms with Crippen molar-refractivity contribution >= 4 is 22.1 Å². The summed E-state index contributed by atoms with van der Waals surface area (Å²) in [6, 6.07) is 5.93. The minimum atomic E-state index is -4.39. The number of nitrogens with zero attached hydrogens (tertiary/aromatic N) is 2. The van der Waals surface area contributed by atoms with E-state index in [0.29, 0.717) is 23.1 Å². The molecule has 1 aromatic carbocycles. The van der Waals surface area contributed by atoms with Crippen molar-refractivity contribution in [1.29, 1.82) is 0 Å². The van der Waals surface area contributed by atoms with Gasteiger partial charge in [-0.25, -0.2) is 0 Å². The summed E-state index contributed by atoms with van der Waals surface area (Å²) in [4.78, 5) is 16.2. The molecular formula is C15H14BrF3N2O2. The van der Waals surface area contributed by atoms with Crippen molar-refractivity contribution in [3.63, 3.8) is 0 Å². The predicted octanol–water partition coefficient (Wildman–Crippen LogP) is 4.33. The lowest BCUT2D eigenvalue weighted by Crippen LogP contribution is -2.09. The maximum atomic E-state index is 13.2. The van der Waals surface area contributed by atoms with Gasteiger partial charge in [0.25, 0.3) is 0 Å². The highest BCUT2D eigenvalue weighted by molar-refractivity contribution is 9.10. The van der Waals surface area contributed by atoms with Gasteiger partial charge in [-0.3, -0.25) is 4.68 Å². The molecule has 0 saturated heterocycles. The van der Waals surface area contributed by atoms with Crippen LogP contribution in [-0.2, 0) is 28.7 Å². The minimum absolute atomic E-state index is 0.162. The van der Waals surface area contributed by atoms with E-state index in [2.05, 4.69) is 21.0 Å². The van der Waals surface area contributed by atoms with Gasteiger partial charge >= 0.3 is 12.3 Å². The average Bonchev–Trinajstić information content (AvgIpc) is 2.90. The number of alkyl halides is 3. The second-order valence-electron chi connectivity index (χ2n) is 4.46. The Hall–Kier alpha value is -1.92. The lowest BCUT2D eigenvalue weighted by atomic mass is 10.0. The molecule has 1 heterocycles. The van der Waals surface area contributed by atoms with Crippen LogP contribution >= 0.6 is 15.9 Å². The molecule has 0 unspecified atom stereocenters. The smallest absolute Gasteiger partial charge is 0.265 e. The van der Waals surface area contributed by atoms with Crippen LogP contribution in [0.3, 0.4) is 0 Å². The van der Waals surface area contributed by atoms with E-state index in [4.69, 9.17) is 9.59 Å². The van der Waals surface area contributed by atoms with E-state index in [9.17, 15) is 13.2 Å². The molecule has 4 nitrogen and oxygen atoms in total. The van der Waals surface area contributed by atoms with Crippen LogP contribution < -0.4 is 0 Å². The van der Waals surface area contributed by atoms with Crippen molar-refractivity contribution in [2.24, 2.45) is 0 Å². The van der Waals surface area contributed by atoms with Crippen LogP contribution in [0.25, 0.3) is 11.3 Å². The van der Waals surface area contributed by atoms with Gasteiger partial charge in [0.05, 0.1) is 17.0 Å². The number of benzene rings is 1. The van der Waals surface area contributed by atoms with Crippen LogP contribution in [0, 0.1) is 0 Å². The summed E-state index contributed by atoms with van der Waals surface area (Å²) in [5.74, 6) is 0. The summed E-state index contributed by atoms with van der Waals surface area (Å²) in [6.45, 7) is 4.32. The van der Waals surface area contributed by atoms with Crippen molar-refractivity contribution in [1.82, 2.24) is 9.78 Å². The maximum Gasteiger partial charge on any atom is 0.417 e. The van der Waals surface area contributed by atoms with Crippen molar-refractivity contribution in [3.05, 3.63) is 40.0 Å². The number of hydrogen-bond acceptors (Lipinski definition) is 3. The largest absolute Gasteiger partial charge is 0.417 e. The first-order chi connectivity index (χ1) is 10.8. The zero-order valence-corrected chi connectivity index (χ0v) is 14.0. The lowest BCUT2D eigenvalue weighted by Gasteiger charge is -2.14. The quantitative estimate of drug-likeness (QED) is 0.783. The topological polar surface area (TPSA) is 52.0 Å². The number of halogens is 4. The van der Waals surface area contributed by atoms with Gasteiger partial charge in [0.15, 0.2) is 0 Å². The Kier molecular flexibility index (Phi) is 6.72. The van der Waals surface area contributed by atoms with E-state index in [1.165, 1.54) is 6.07 Å². The molecule has 0 bridgehead atoms. The third-order valence-corrected chi connectivity index (χ3v) is 3.55. The number of carbonyl (C=O) groups excluding carboxylic acids is 2. The molecule has 0 aliphatic heterocycles. The SMILES string of the molecule is CCc1cc(-c2ccc(Br)cc2C(F)(F)F)n(CC)n1.O=C=O. The Bertz CT molecular complexity index is 705. The molecule has 2 aromatic rings. The van der Waals surface area contributed by atoms with Gasteiger partial charge in [-0.15, -0.1) is 0 Å². The summed E-state index contributed by atoms with van der Waals surface area (Å²) in [5.41, 5.74) is 0.806. The Morgan fingerprint density at radius 1 is 1.22 bits per heavy atom. The molecule has 8 heteroatoms. The molecular weight excluding hydrogens is 377 g/mol. The van der Waals surface area contributed by atoms with Gasteiger partial charge in [-0.2, -0.15) is 27.9 Å². The number of hydrogen-bond donors (Lipinski definition) is 0. The summed E-state index contributed by atoms with van der Waals surface area (Å²) in [6.07, 6.45) is -3.45. The fourth-order valence-electron chi connectivity index (χ4n) is 2.08. The molecule has 124 valence electrons. The Morgan fingerprint density at radius 2 is 1.83 bits per heavy atom. The van der Waals surface area contributed by atoms with Crippen molar-refractivity contribution in [2.45, 2.75) is 33.0 Å². The van der Waals surface area contributed by atoms with E-state index in [1.54, 1.807) is 16.8 Å². The van der Waals surface area contributed by atoms with Crippen LogP contribution in [0.2, 0.25) is 0 Å². The van der Waals surface area contributed by atoms with E-state index < -0.39 is 11.7 Å². The molecule has 0 spiro atoms. The Labute approximate surface area is 139 Å². The van der Waals surface area contributed by atoms with Gasteiger partial charge in [-0.05, 0) is 31.5 Å². The van der Waals surface area contributed by atoms with Gasteiger partial charge in [0, 0.05) is 16.6 Å². The fourth-order valence-corrected chi connectivity index (χ4v) is 2.44. The molecule has 0 fully saturated rings. The summed E-state index contributed by atoms with van der Waals surface area (Å²) in [5, 5.41) is 4.31. The summed E-state index contributed by atoms with van der Waals surface area (Å²) < 4.78 is 41.6. The first-order valence-electron chi connectivity index (χ1n) is 6.71. The molecule has 0 saturated carbocycles. The van der Waals surface area contributed by atoms with E-state index >= 15 is 0 Å². The molecule has 23 heavy (non-hydrogen) atoms. The van der Waals surface area contributed by atoms with Gasteiger partial charge < -0.3 is 0 Å². The van der Waals surface area contributed by atoms with Crippen LogP contribution in [0.15, 0.2) is 28.7 Å².